The van der Waals surface area contributed by atoms with Gasteiger partial charge in [0, 0.05) is 56.8 Å². The van der Waals surface area contributed by atoms with Gasteiger partial charge in [-0.25, -0.2) is 9.78 Å². The van der Waals surface area contributed by atoms with Crippen LogP contribution in [0.4, 0.5) is 16.3 Å². The van der Waals surface area contributed by atoms with Crippen LogP contribution in [0.2, 0.25) is 0 Å². The summed E-state index contributed by atoms with van der Waals surface area (Å²) in [6.45, 7) is 3.44. The van der Waals surface area contributed by atoms with Gasteiger partial charge in [0.2, 0.25) is 5.91 Å². The van der Waals surface area contributed by atoms with Gasteiger partial charge in [0.1, 0.15) is 11.5 Å². The van der Waals surface area contributed by atoms with Crippen LogP contribution in [0, 0.1) is 0 Å². The Bertz CT molecular complexity index is 894. The maximum atomic E-state index is 12.1. The minimum atomic E-state index is -0.407. The van der Waals surface area contributed by atoms with E-state index in [4.69, 9.17) is 9.47 Å². The average molecular weight is 371 g/mol. The number of hydrogen-bond acceptors (Lipinski definition) is 6. The highest BCUT2D eigenvalue weighted by molar-refractivity contribution is 6.05. The molecule has 5 rings (SSSR count). The summed E-state index contributed by atoms with van der Waals surface area (Å²) in [5.74, 6) is 0.0255. The minimum Gasteiger partial charge on any atom is -0.371 e. The highest BCUT2D eigenvalue weighted by Gasteiger charge is 2.39. The zero-order valence-electron chi connectivity index (χ0n) is 14.9. The van der Waals surface area contributed by atoms with Crippen LogP contribution in [0.5, 0.6) is 0 Å². The Kier molecular flexibility index (Phi) is 3.80. The lowest BCUT2D eigenvalue weighted by Gasteiger charge is -2.38. The monoisotopic (exact) mass is 371 g/mol. The van der Waals surface area contributed by atoms with Crippen molar-refractivity contribution in [3.8, 4) is 0 Å². The number of carbonyl (C=O) groups excluding carboxylic acids is 2. The lowest BCUT2D eigenvalue weighted by Crippen LogP contribution is -2.50. The Balaban J connectivity index is 1.36. The van der Waals surface area contributed by atoms with Gasteiger partial charge in [0.05, 0.1) is 19.4 Å². The fourth-order valence-corrected chi connectivity index (χ4v) is 4.03. The molecule has 5 heterocycles. The van der Waals surface area contributed by atoms with Gasteiger partial charge in [0.15, 0.2) is 5.79 Å². The van der Waals surface area contributed by atoms with Gasteiger partial charge < -0.3 is 14.4 Å². The number of hydrogen-bond donors (Lipinski definition) is 1. The summed E-state index contributed by atoms with van der Waals surface area (Å²) < 4.78 is 13.5. The van der Waals surface area contributed by atoms with Crippen LogP contribution < -0.4 is 15.1 Å². The third-order valence-electron chi connectivity index (χ3n) is 5.51. The molecule has 0 aromatic carbocycles. The Morgan fingerprint density at radius 1 is 1.11 bits per heavy atom. The number of amides is 3. The third kappa shape index (κ3) is 2.83. The van der Waals surface area contributed by atoms with Crippen LogP contribution in [0.15, 0.2) is 24.5 Å². The van der Waals surface area contributed by atoms with E-state index in [1.807, 2.05) is 22.7 Å². The molecule has 9 nitrogen and oxygen atoms in total. The van der Waals surface area contributed by atoms with Gasteiger partial charge in [-0.05, 0) is 6.07 Å². The zero-order valence-corrected chi connectivity index (χ0v) is 14.9. The van der Waals surface area contributed by atoms with Gasteiger partial charge in [-0.3, -0.25) is 19.4 Å². The van der Waals surface area contributed by atoms with Crippen molar-refractivity contribution in [2.24, 2.45) is 0 Å². The van der Waals surface area contributed by atoms with Gasteiger partial charge >= 0.3 is 6.03 Å². The first kappa shape index (κ1) is 16.5. The summed E-state index contributed by atoms with van der Waals surface area (Å²) >= 11 is 0. The number of rotatable bonds is 2. The van der Waals surface area contributed by atoms with E-state index < -0.39 is 6.03 Å². The number of fused-ring (bicyclic) bond motifs is 1. The number of nitrogens with one attached hydrogen (secondary N) is 1. The Morgan fingerprint density at radius 3 is 2.63 bits per heavy atom. The molecule has 27 heavy (non-hydrogen) atoms. The van der Waals surface area contributed by atoms with Crippen LogP contribution in [0.1, 0.15) is 19.3 Å². The number of nitrogens with zero attached hydrogens (tertiary/aromatic N) is 4. The Labute approximate surface area is 155 Å². The number of aromatic nitrogens is 2. The van der Waals surface area contributed by atoms with Gasteiger partial charge in [-0.1, -0.05) is 0 Å². The topological polar surface area (TPSA) is 88.4 Å². The summed E-state index contributed by atoms with van der Waals surface area (Å²) in [5.41, 5.74) is 1.85. The molecule has 142 valence electrons. The number of ether oxygens (including phenoxy) is 2. The Hall–Kier alpha value is -2.65. The van der Waals surface area contributed by atoms with E-state index in [2.05, 4.69) is 15.2 Å². The lowest BCUT2D eigenvalue weighted by molar-refractivity contribution is -0.169. The molecule has 2 aromatic rings. The number of pyridine rings is 1. The molecule has 1 N–H and O–H groups in total. The highest BCUT2D eigenvalue weighted by atomic mass is 16.7. The second-order valence-electron chi connectivity index (χ2n) is 7.08. The minimum absolute atomic E-state index is 0.245. The second kappa shape index (κ2) is 6.21. The van der Waals surface area contributed by atoms with Crippen LogP contribution in [-0.2, 0) is 14.3 Å². The van der Waals surface area contributed by atoms with Crippen molar-refractivity contribution in [1.82, 2.24) is 14.7 Å². The first-order valence-corrected chi connectivity index (χ1v) is 9.25. The molecule has 3 fully saturated rings. The van der Waals surface area contributed by atoms with Gasteiger partial charge in [-0.2, -0.15) is 0 Å². The van der Waals surface area contributed by atoms with E-state index in [0.717, 1.165) is 37.3 Å². The fourth-order valence-electron chi connectivity index (χ4n) is 4.03. The predicted molar refractivity (Wildman–Crippen MR) is 96.8 cm³/mol. The van der Waals surface area contributed by atoms with Crippen LogP contribution in [0.3, 0.4) is 0 Å². The van der Waals surface area contributed by atoms with Crippen molar-refractivity contribution in [3.05, 3.63) is 24.5 Å². The van der Waals surface area contributed by atoms with E-state index in [0.29, 0.717) is 25.6 Å². The molecule has 0 aliphatic carbocycles. The van der Waals surface area contributed by atoms with E-state index in [1.54, 1.807) is 11.1 Å². The van der Waals surface area contributed by atoms with Crippen molar-refractivity contribution < 1.29 is 19.1 Å². The number of urea groups is 1. The molecule has 3 saturated heterocycles. The van der Waals surface area contributed by atoms with Gasteiger partial charge in [-0.15, -0.1) is 0 Å². The number of anilines is 2. The molecule has 0 saturated carbocycles. The molecule has 0 unspecified atom stereocenters. The van der Waals surface area contributed by atoms with E-state index >= 15 is 0 Å². The zero-order chi connectivity index (χ0) is 18.4. The first-order chi connectivity index (χ1) is 13.1. The summed E-state index contributed by atoms with van der Waals surface area (Å²) in [4.78, 5) is 31.8. The second-order valence-corrected chi connectivity index (χ2v) is 7.08. The molecule has 3 aliphatic rings. The summed E-state index contributed by atoms with van der Waals surface area (Å²) in [7, 11) is 0. The molecular formula is C18H21N5O4. The fraction of sp³-hybridized carbons (Fsp3) is 0.500. The molecular weight excluding hydrogens is 350 g/mol. The molecule has 0 atom stereocenters. The van der Waals surface area contributed by atoms with Crippen molar-refractivity contribution in [3.63, 3.8) is 0 Å². The van der Waals surface area contributed by atoms with E-state index in [9.17, 15) is 9.59 Å². The standard InChI is InChI=1S/C18H21N5O4/c24-15-2-6-23(17(25)20-15)16-12-19-14-11-13(1-5-22(14)16)21-7-3-18(4-8-21)26-9-10-27-18/h1,5,11-12H,2-4,6-10H2,(H,20,24,25). The SMILES string of the molecule is O=C1CCN(c2cnc3cc(N4CCC5(CC4)OCCO5)ccn23)C(=O)N1. The summed E-state index contributed by atoms with van der Waals surface area (Å²) in [6, 6.07) is 3.64. The largest absolute Gasteiger partial charge is 0.371 e. The van der Waals surface area contributed by atoms with Crippen molar-refractivity contribution in [2.45, 2.75) is 25.0 Å². The van der Waals surface area contributed by atoms with Gasteiger partial charge in [0.25, 0.3) is 0 Å². The number of piperidine rings is 1. The summed E-state index contributed by atoms with van der Waals surface area (Å²) in [5, 5.41) is 2.34. The van der Waals surface area contributed by atoms with Crippen molar-refractivity contribution in [1.29, 1.82) is 0 Å². The van der Waals surface area contributed by atoms with Crippen LogP contribution >= 0.6 is 0 Å². The van der Waals surface area contributed by atoms with Crippen LogP contribution in [0.25, 0.3) is 5.65 Å². The quantitative estimate of drug-likeness (QED) is 0.851. The molecule has 1 spiro atoms. The first-order valence-electron chi connectivity index (χ1n) is 9.25. The van der Waals surface area contributed by atoms with E-state index in [-0.39, 0.29) is 18.1 Å². The van der Waals surface area contributed by atoms with Crippen molar-refractivity contribution in [2.75, 3.05) is 42.6 Å². The Morgan fingerprint density at radius 2 is 1.89 bits per heavy atom. The summed E-state index contributed by atoms with van der Waals surface area (Å²) in [6.07, 6.45) is 5.57. The van der Waals surface area contributed by atoms with Crippen molar-refractivity contribution >= 4 is 29.1 Å². The normalized spacial score (nSPS) is 22.7. The van der Waals surface area contributed by atoms with E-state index in [1.165, 1.54) is 0 Å². The molecule has 3 aliphatic heterocycles. The average Bonchev–Trinajstić information content (AvgIpc) is 3.29. The number of carbonyl (C=O) groups is 2. The molecule has 0 bridgehead atoms. The highest BCUT2D eigenvalue weighted by Crippen LogP contribution is 2.33. The van der Waals surface area contributed by atoms with Crippen LogP contribution in [-0.4, -0.2) is 60.0 Å². The number of imidazole rings is 1. The third-order valence-corrected chi connectivity index (χ3v) is 5.51. The molecule has 0 radical (unpaired) electrons. The smallest absolute Gasteiger partial charge is 0.329 e. The maximum Gasteiger partial charge on any atom is 0.329 e. The maximum absolute atomic E-state index is 12.1. The molecule has 2 aromatic heterocycles. The molecule has 9 heteroatoms. The molecule has 3 amide bonds. The number of imide groups is 1. The predicted octanol–water partition coefficient (Wildman–Crippen LogP) is 1.12. The lowest BCUT2D eigenvalue weighted by atomic mass is 10.0.